The third-order valence-corrected chi connectivity index (χ3v) is 2.34. The molecule has 7 heteroatoms. The summed E-state index contributed by atoms with van der Waals surface area (Å²) in [5, 5.41) is 5.71. The number of carbonyl (C=O) groups is 3. The number of methoxy groups -OCH3 is 1. The lowest BCUT2D eigenvalue weighted by Crippen LogP contribution is -2.53. The molecule has 1 aliphatic rings. The zero-order chi connectivity index (χ0) is 13.4. The molecule has 2 N–H and O–H groups in total. The van der Waals surface area contributed by atoms with E-state index >= 15 is 0 Å². The fourth-order valence-corrected chi connectivity index (χ4v) is 1.41. The molecule has 1 heterocycles. The van der Waals surface area contributed by atoms with Gasteiger partial charge >= 0.3 is 11.9 Å². The molecule has 0 aromatic heterocycles. The summed E-state index contributed by atoms with van der Waals surface area (Å²) >= 11 is 0. The monoisotopic (exact) mass is 256 g/mol. The van der Waals surface area contributed by atoms with Crippen molar-refractivity contribution >= 4 is 17.8 Å². The van der Waals surface area contributed by atoms with Gasteiger partial charge < -0.3 is 20.1 Å². The molecule has 18 heavy (non-hydrogen) atoms. The Morgan fingerprint density at radius 1 is 1.33 bits per heavy atom. The van der Waals surface area contributed by atoms with Crippen LogP contribution < -0.4 is 10.6 Å². The molecule has 0 aromatic carbocycles. The van der Waals surface area contributed by atoms with E-state index in [-0.39, 0.29) is 18.6 Å². The van der Waals surface area contributed by atoms with Crippen LogP contribution in [0.15, 0.2) is 12.2 Å². The summed E-state index contributed by atoms with van der Waals surface area (Å²) in [6.45, 7) is 1.42. The van der Waals surface area contributed by atoms with Crippen LogP contribution in [-0.4, -0.2) is 50.7 Å². The van der Waals surface area contributed by atoms with Crippen molar-refractivity contribution < 1.29 is 23.9 Å². The molecule has 1 saturated heterocycles. The molecule has 1 fully saturated rings. The minimum absolute atomic E-state index is 0.0950. The largest absolute Gasteiger partial charge is 0.466 e. The number of ether oxygens (including phenoxy) is 2. The zero-order valence-electron chi connectivity index (χ0n) is 10.1. The van der Waals surface area contributed by atoms with Crippen molar-refractivity contribution in [2.24, 2.45) is 0 Å². The van der Waals surface area contributed by atoms with Crippen LogP contribution in [0, 0.1) is 0 Å². The molecule has 0 saturated carbocycles. The number of amides is 1. The van der Waals surface area contributed by atoms with E-state index in [0.29, 0.717) is 19.5 Å². The number of piperazine rings is 1. The maximum atomic E-state index is 11.3. The van der Waals surface area contributed by atoms with Gasteiger partial charge in [-0.15, -0.1) is 0 Å². The summed E-state index contributed by atoms with van der Waals surface area (Å²) in [5.74, 6) is -1.36. The maximum Gasteiger partial charge on any atom is 0.331 e. The fourth-order valence-electron chi connectivity index (χ4n) is 1.41. The van der Waals surface area contributed by atoms with Crippen molar-refractivity contribution in [3.63, 3.8) is 0 Å². The van der Waals surface area contributed by atoms with Crippen molar-refractivity contribution in [1.82, 2.24) is 10.6 Å². The first-order valence-electron chi connectivity index (χ1n) is 5.57. The van der Waals surface area contributed by atoms with Crippen LogP contribution >= 0.6 is 0 Å². The maximum absolute atomic E-state index is 11.3. The van der Waals surface area contributed by atoms with E-state index in [2.05, 4.69) is 15.4 Å². The fraction of sp³-hybridized carbons (Fsp3) is 0.545. The normalized spacial score (nSPS) is 19.4. The molecule has 7 nitrogen and oxygen atoms in total. The van der Waals surface area contributed by atoms with Gasteiger partial charge in [0, 0.05) is 31.7 Å². The second kappa shape index (κ2) is 7.44. The highest BCUT2D eigenvalue weighted by Gasteiger charge is 2.20. The summed E-state index contributed by atoms with van der Waals surface area (Å²) in [6.07, 6.45) is 2.36. The number of hydrogen-bond donors (Lipinski definition) is 2. The Morgan fingerprint density at radius 2 is 2.06 bits per heavy atom. The minimum Gasteiger partial charge on any atom is -0.466 e. The van der Waals surface area contributed by atoms with E-state index in [9.17, 15) is 14.4 Å². The van der Waals surface area contributed by atoms with Gasteiger partial charge in [0.05, 0.1) is 19.8 Å². The highest BCUT2D eigenvalue weighted by Crippen LogP contribution is 1.97. The van der Waals surface area contributed by atoms with Crippen molar-refractivity contribution in [2.75, 3.05) is 26.8 Å². The van der Waals surface area contributed by atoms with Crippen LogP contribution in [0.2, 0.25) is 0 Å². The first kappa shape index (κ1) is 14.2. The summed E-state index contributed by atoms with van der Waals surface area (Å²) in [6, 6.07) is -0.337. The molecule has 0 bridgehead atoms. The third kappa shape index (κ3) is 4.96. The van der Waals surface area contributed by atoms with Gasteiger partial charge in [0.2, 0.25) is 5.91 Å². The highest BCUT2D eigenvalue weighted by molar-refractivity contribution is 5.91. The smallest absolute Gasteiger partial charge is 0.331 e. The quantitative estimate of drug-likeness (QED) is 0.471. The summed E-state index contributed by atoms with van der Waals surface area (Å²) in [5.41, 5.74) is 0. The van der Waals surface area contributed by atoms with Gasteiger partial charge in [-0.25, -0.2) is 9.59 Å². The Kier molecular flexibility index (Phi) is 5.86. The first-order chi connectivity index (χ1) is 8.63. The van der Waals surface area contributed by atoms with Gasteiger partial charge in [0.25, 0.3) is 0 Å². The summed E-state index contributed by atoms with van der Waals surface area (Å²) in [4.78, 5) is 33.2. The second-order valence-electron chi connectivity index (χ2n) is 3.61. The Balaban J connectivity index is 2.20. The molecule has 1 rings (SSSR count). The molecule has 0 radical (unpaired) electrons. The van der Waals surface area contributed by atoms with Crippen LogP contribution in [0.3, 0.4) is 0 Å². The third-order valence-electron chi connectivity index (χ3n) is 2.34. The predicted molar refractivity (Wildman–Crippen MR) is 61.5 cm³/mol. The number of hydrogen-bond acceptors (Lipinski definition) is 6. The topological polar surface area (TPSA) is 93.7 Å². The molecule has 0 aromatic rings. The molecular weight excluding hydrogens is 240 g/mol. The Bertz CT molecular complexity index is 353. The van der Waals surface area contributed by atoms with Crippen LogP contribution in [0.25, 0.3) is 0 Å². The van der Waals surface area contributed by atoms with Gasteiger partial charge in [-0.1, -0.05) is 0 Å². The number of esters is 2. The first-order valence-corrected chi connectivity index (χ1v) is 5.57. The molecule has 0 aliphatic carbocycles. The van der Waals surface area contributed by atoms with Crippen LogP contribution in [0.1, 0.15) is 6.42 Å². The Labute approximate surface area is 105 Å². The number of nitrogens with one attached hydrogen (secondary N) is 2. The van der Waals surface area contributed by atoms with E-state index in [1.165, 1.54) is 7.11 Å². The van der Waals surface area contributed by atoms with Crippen LogP contribution in [-0.2, 0) is 23.9 Å². The van der Waals surface area contributed by atoms with Crippen LogP contribution in [0.5, 0.6) is 0 Å². The van der Waals surface area contributed by atoms with Crippen LogP contribution in [0.4, 0.5) is 0 Å². The van der Waals surface area contributed by atoms with Gasteiger partial charge in [0.15, 0.2) is 0 Å². The summed E-state index contributed by atoms with van der Waals surface area (Å²) in [7, 11) is 1.21. The Hall–Kier alpha value is -1.89. The molecule has 1 unspecified atom stereocenters. The standard InChI is InChI=1S/C11H16N2O5/c1-17-9(14)2-3-10(15)18-7-4-8-11(16)13-6-5-12-8/h2-3,8,12H,4-7H2,1H3,(H,13,16)/b3-2+. The SMILES string of the molecule is COC(=O)/C=C/C(=O)OCCC1NCCNC1=O. The van der Waals surface area contributed by atoms with E-state index in [4.69, 9.17) is 4.74 Å². The second-order valence-corrected chi connectivity index (χ2v) is 3.61. The van der Waals surface area contributed by atoms with Crippen molar-refractivity contribution in [3.05, 3.63) is 12.2 Å². The number of carbonyl (C=O) groups excluding carboxylic acids is 3. The predicted octanol–water partition coefficient (Wildman–Crippen LogP) is -1.26. The average Bonchev–Trinajstić information content (AvgIpc) is 2.38. The summed E-state index contributed by atoms with van der Waals surface area (Å²) < 4.78 is 9.15. The van der Waals surface area contributed by atoms with Gasteiger partial charge in [-0.3, -0.25) is 4.79 Å². The molecule has 100 valence electrons. The molecule has 1 amide bonds. The van der Waals surface area contributed by atoms with Crippen molar-refractivity contribution in [3.8, 4) is 0 Å². The highest BCUT2D eigenvalue weighted by atomic mass is 16.5. The zero-order valence-corrected chi connectivity index (χ0v) is 10.1. The lowest BCUT2D eigenvalue weighted by molar-refractivity contribution is -0.140. The lowest BCUT2D eigenvalue weighted by atomic mass is 10.1. The average molecular weight is 256 g/mol. The van der Waals surface area contributed by atoms with Gasteiger partial charge in [0.1, 0.15) is 0 Å². The van der Waals surface area contributed by atoms with E-state index in [1.807, 2.05) is 0 Å². The van der Waals surface area contributed by atoms with E-state index in [1.54, 1.807) is 0 Å². The van der Waals surface area contributed by atoms with Crippen molar-refractivity contribution in [1.29, 1.82) is 0 Å². The molecular formula is C11H16N2O5. The Morgan fingerprint density at radius 3 is 2.72 bits per heavy atom. The molecule has 1 atom stereocenters. The molecule has 0 spiro atoms. The van der Waals surface area contributed by atoms with E-state index in [0.717, 1.165) is 12.2 Å². The van der Waals surface area contributed by atoms with Gasteiger partial charge in [-0.05, 0) is 0 Å². The molecule has 1 aliphatic heterocycles. The van der Waals surface area contributed by atoms with Crippen molar-refractivity contribution in [2.45, 2.75) is 12.5 Å². The number of rotatable bonds is 5. The van der Waals surface area contributed by atoms with Gasteiger partial charge in [-0.2, -0.15) is 0 Å². The van der Waals surface area contributed by atoms with E-state index < -0.39 is 11.9 Å². The lowest BCUT2D eigenvalue weighted by Gasteiger charge is -2.22. The minimum atomic E-state index is -0.642.